The maximum Gasteiger partial charge on any atom is 0.306 e. The molecule has 1 aliphatic rings. The summed E-state index contributed by atoms with van der Waals surface area (Å²) in [6.07, 6.45) is 1.82. The molecule has 0 aromatic carbocycles. The molecular weight excluding hydrogens is 174 g/mol. The van der Waals surface area contributed by atoms with Gasteiger partial charge >= 0.3 is 5.97 Å². The van der Waals surface area contributed by atoms with Crippen molar-refractivity contribution in [1.82, 2.24) is 5.48 Å². The summed E-state index contributed by atoms with van der Waals surface area (Å²) < 4.78 is 0. The first-order valence-corrected chi connectivity index (χ1v) is 4.39. The van der Waals surface area contributed by atoms with E-state index in [1.807, 2.05) is 5.48 Å². The Balaban J connectivity index is 2.41. The van der Waals surface area contributed by atoms with E-state index in [2.05, 4.69) is 0 Å². The van der Waals surface area contributed by atoms with Gasteiger partial charge in [0, 0.05) is 6.54 Å². The summed E-state index contributed by atoms with van der Waals surface area (Å²) in [6, 6.07) is 0. The van der Waals surface area contributed by atoms with E-state index < -0.39 is 11.6 Å². The molecule has 0 unspecified atom stereocenters. The van der Waals surface area contributed by atoms with Crippen molar-refractivity contribution in [2.45, 2.75) is 31.3 Å². The van der Waals surface area contributed by atoms with E-state index in [0.717, 1.165) is 0 Å². The van der Waals surface area contributed by atoms with Gasteiger partial charge in [-0.15, -0.1) is 0 Å². The molecule has 0 spiro atoms. The third-order valence-corrected chi connectivity index (χ3v) is 2.67. The summed E-state index contributed by atoms with van der Waals surface area (Å²) in [5.41, 5.74) is 0.995. The van der Waals surface area contributed by atoms with Gasteiger partial charge in [0.2, 0.25) is 0 Å². The van der Waals surface area contributed by atoms with Crippen LogP contribution < -0.4 is 5.48 Å². The number of nitrogens with one attached hydrogen (secondary N) is 1. The number of hydrogen-bond donors (Lipinski definition) is 4. The highest BCUT2D eigenvalue weighted by Crippen LogP contribution is 2.31. The number of hydroxylamine groups is 1. The minimum absolute atomic E-state index is 0.110. The molecule has 0 bridgehead atoms. The molecule has 1 fully saturated rings. The van der Waals surface area contributed by atoms with Crippen LogP contribution in [0.3, 0.4) is 0 Å². The zero-order valence-electron chi connectivity index (χ0n) is 7.36. The topological polar surface area (TPSA) is 89.8 Å². The molecular formula is C8H15NO4. The zero-order chi connectivity index (χ0) is 9.90. The van der Waals surface area contributed by atoms with Gasteiger partial charge in [0.1, 0.15) is 0 Å². The third-order valence-electron chi connectivity index (χ3n) is 2.67. The van der Waals surface area contributed by atoms with Gasteiger partial charge in [-0.05, 0) is 25.7 Å². The fraction of sp³-hybridized carbons (Fsp3) is 0.875. The lowest BCUT2D eigenvalue weighted by Gasteiger charge is -2.33. The van der Waals surface area contributed by atoms with Crippen LogP contribution in [0.15, 0.2) is 0 Å². The van der Waals surface area contributed by atoms with Crippen LogP contribution >= 0.6 is 0 Å². The lowest BCUT2D eigenvalue weighted by atomic mass is 9.79. The first kappa shape index (κ1) is 10.4. The lowest BCUT2D eigenvalue weighted by molar-refractivity contribution is -0.145. The number of aliphatic hydroxyl groups is 1. The smallest absolute Gasteiger partial charge is 0.306 e. The van der Waals surface area contributed by atoms with Gasteiger partial charge in [-0.1, -0.05) is 0 Å². The van der Waals surface area contributed by atoms with Crippen LogP contribution in [0.4, 0.5) is 0 Å². The highest BCUT2D eigenvalue weighted by Gasteiger charge is 2.35. The van der Waals surface area contributed by atoms with E-state index in [-0.39, 0.29) is 12.5 Å². The molecule has 0 aliphatic heterocycles. The molecule has 0 aromatic heterocycles. The molecule has 0 saturated heterocycles. The lowest BCUT2D eigenvalue weighted by Crippen LogP contribution is -2.43. The first-order valence-electron chi connectivity index (χ1n) is 4.39. The summed E-state index contributed by atoms with van der Waals surface area (Å²) in [5, 5.41) is 26.9. The molecule has 4 N–H and O–H groups in total. The van der Waals surface area contributed by atoms with Crippen LogP contribution in [-0.2, 0) is 4.79 Å². The minimum atomic E-state index is -0.930. The largest absolute Gasteiger partial charge is 0.481 e. The van der Waals surface area contributed by atoms with E-state index in [1.165, 1.54) is 0 Å². The van der Waals surface area contributed by atoms with Crippen molar-refractivity contribution in [3.8, 4) is 0 Å². The molecule has 1 aliphatic carbocycles. The summed E-state index contributed by atoms with van der Waals surface area (Å²) in [5.74, 6) is -1.13. The summed E-state index contributed by atoms with van der Waals surface area (Å²) in [4.78, 5) is 10.6. The van der Waals surface area contributed by atoms with E-state index in [0.29, 0.717) is 25.7 Å². The maximum absolute atomic E-state index is 10.6. The third kappa shape index (κ3) is 2.65. The normalized spacial score (nSPS) is 34.5. The van der Waals surface area contributed by atoms with Crippen molar-refractivity contribution in [3.63, 3.8) is 0 Å². The Bertz CT molecular complexity index is 187. The van der Waals surface area contributed by atoms with Gasteiger partial charge in [-0.2, -0.15) is 0 Å². The number of carbonyl (C=O) groups is 1. The van der Waals surface area contributed by atoms with Crippen LogP contribution in [0.25, 0.3) is 0 Å². The number of rotatable bonds is 3. The average molecular weight is 189 g/mol. The molecule has 13 heavy (non-hydrogen) atoms. The van der Waals surface area contributed by atoms with Gasteiger partial charge in [0.15, 0.2) is 0 Å². The van der Waals surface area contributed by atoms with Crippen molar-refractivity contribution >= 4 is 5.97 Å². The predicted molar refractivity (Wildman–Crippen MR) is 44.3 cm³/mol. The molecule has 0 amide bonds. The van der Waals surface area contributed by atoms with Crippen molar-refractivity contribution in [3.05, 3.63) is 0 Å². The standard InChI is InChI=1S/C8H15NO4/c10-7(11)6-1-3-8(12,4-2-6)5-9-13/h6,9,12-13H,1-5H2,(H,10,11). The summed E-state index contributed by atoms with van der Waals surface area (Å²) in [6.45, 7) is 0.110. The van der Waals surface area contributed by atoms with Crippen LogP contribution in [0.1, 0.15) is 25.7 Å². The van der Waals surface area contributed by atoms with Crippen LogP contribution in [0, 0.1) is 5.92 Å². The molecule has 0 atom stereocenters. The van der Waals surface area contributed by atoms with Crippen molar-refractivity contribution in [2.24, 2.45) is 5.92 Å². The number of aliphatic carboxylic acids is 1. The van der Waals surface area contributed by atoms with E-state index in [1.54, 1.807) is 0 Å². The Labute approximate surface area is 76.3 Å². The molecule has 76 valence electrons. The Morgan fingerprint density at radius 1 is 1.46 bits per heavy atom. The van der Waals surface area contributed by atoms with Crippen molar-refractivity contribution in [1.29, 1.82) is 0 Å². The quantitative estimate of drug-likeness (QED) is 0.468. The first-order chi connectivity index (χ1) is 6.07. The van der Waals surface area contributed by atoms with E-state index in [9.17, 15) is 9.90 Å². The van der Waals surface area contributed by atoms with Crippen molar-refractivity contribution in [2.75, 3.05) is 6.54 Å². The van der Waals surface area contributed by atoms with Crippen molar-refractivity contribution < 1.29 is 20.2 Å². The van der Waals surface area contributed by atoms with Gasteiger partial charge in [-0.25, -0.2) is 5.48 Å². The zero-order valence-corrected chi connectivity index (χ0v) is 7.36. The molecule has 0 radical (unpaired) electrons. The van der Waals surface area contributed by atoms with Crippen LogP contribution in [0.2, 0.25) is 0 Å². The number of carboxylic acid groups (broad SMARTS) is 1. The highest BCUT2D eigenvalue weighted by atomic mass is 16.5. The molecule has 1 saturated carbocycles. The Hall–Kier alpha value is -0.650. The second-order valence-corrected chi connectivity index (χ2v) is 3.67. The minimum Gasteiger partial charge on any atom is -0.481 e. The Morgan fingerprint density at radius 3 is 2.38 bits per heavy atom. The molecule has 0 heterocycles. The fourth-order valence-electron chi connectivity index (χ4n) is 1.73. The second-order valence-electron chi connectivity index (χ2n) is 3.67. The van der Waals surface area contributed by atoms with E-state index >= 15 is 0 Å². The Morgan fingerprint density at radius 2 is 2.00 bits per heavy atom. The SMILES string of the molecule is O=C(O)C1CCC(O)(CNO)CC1. The highest BCUT2D eigenvalue weighted by molar-refractivity contribution is 5.70. The van der Waals surface area contributed by atoms with Gasteiger partial charge in [-0.3, -0.25) is 4.79 Å². The average Bonchev–Trinajstić information content (AvgIpc) is 2.05. The van der Waals surface area contributed by atoms with Gasteiger partial charge in [0.25, 0.3) is 0 Å². The van der Waals surface area contributed by atoms with Gasteiger partial charge < -0.3 is 15.4 Å². The maximum atomic E-state index is 10.6. The number of hydrogen-bond acceptors (Lipinski definition) is 4. The molecule has 5 heteroatoms. The number of carboxylic acids is 1. The summed E-state index contributed by atoms with van der Waals surface area (Å²) >= 11 is 0. The Kier molecular flexibility index (Phi) is 3.24. The van der Waals surface area contributed by atoms with Crippen LogP contribution in [0.5, 0.6) is 0 Å². The fourth-order valence-corrected chi connectivity index (χ4v) is 1.73. The second kappa shape index (κ2) is 4.04. The van der Waals surface area contributed by atoms with Gasteiger partial charge in [0.05, 0.1) is 11.5 Å². The predicted octanol–water partition coefficient (Wildman–Crippen LogP) is -0.0289. The van der Waals surface area contributed by atoms with Crippen LogP contribution in [-0.4, -0.2) is 33.5 Å². The molecule has 5 nitrogen and oxygen atoms in total. The molecule has 0 aromatic rings. The van der Waals surface area contributed by atoms with E-state index in [4.69, 9.17) is 10.3 Å². The summed E-state index contributed by atoms with van der Waals surface area (Å²) in [7, 11) is 0. The monoisotopic (exact) mass is 189 g/mol. The molecule has 1 rings (SSSR count).